The van der Waals surface area contributed by atoms with E-state index < -0.39 is 33.3 Å². The van der Waals surface area contributed by atoms with Crippen LogP contribution in [-0.4, -0.2) is 57.5 Å². The molecule has 1 amide bonds. The highest BCUT2D eigenvalue weighted by atomic mass is 32.2. The Bertz CT molecular complexity index is 1070. The van der Waals surface area contributed by atoms with E-state index in [0.29, 0.717) is 11.3 Å². The molecule has 0 aromatic heterocycles. The van der Waals surface area contributed by atoms with Gasteiger partial charge < -0.3 is 19.9 Å². The molecule has 1 heterocycles. The van der Waals surface area contributed by atoms with Crippen LogP contribution in [0.4, 0.5) is 4.39 Å². The molecule has 166 valence electrons. The third-order valence-corrected chi connectivity index (χ3v) is 6.31. The lowest BCUT2D eigenvalue weighted by Crippen LogP contribution is -2.40. The highest BCUT2D eigenvalue weighted by Gasteiger charge is 2.28. The zero-order valence-corrected chi connectivity index (χ0v) is 17.3. The monoisotopic (exact) mass is 452 g/mol. The molecule has 0 spiro atoms. The zero-order chi connectivity index (χ0) is 22.4. The van der Waals surface area contributed by atoms with Crippen LogP contribution in [0.2, 0.25) is 0 Å². The Hall–Kier alpha value is -3.02. The number of carbonyl (C=O) groups is 2. The van der Waals surface area contributed by atoms with Crippen molar-refractivity contribution in [3.05, 3.63) is 59.4 Å². The second-order valence-electron chi connectivity index (χ2n) is 6.64. The van der Waals surface area contributed by atoms with E-state index >= 15 is 0 Å². The Labute approximate surface area is 178 Å². The van der Waals surface area contributed by atoms with Crippen molar-refractivity contribution in [3.63, 3.8) is 0 Å². The Kier molecular flexibility index (Phi) is 7.21. The fraction of sp³-hybridized carbons (Fsp3) is 0.300. The van der Waals surface area contributed by atoms with Gasteiger partial charge in [-0.25, -0.2) is 17.6 Å². The number of rotatable bonds is 8. The summed E-state index contributed by atoms with van der Waals surface area (Å²) in [5, 5.41) is 0. The molecule has 1 aliphatic rings. The zero-order valence-electron chi connectivity index (χ0n) is 16.5. The number of nitrogens with two attached hydrogens (primary N) is 1. The van der Waals surface area contributed by atoms with Gasteiger partial charge in [0.05, 0.1) is 23.7 Å². The molecule has 0 bridgehead atoms. The minimum atomic E-state index is -3.90. The molecule has 3 rings (SSSR count). The molecular formula is C20H21FN2O7S. The number of morpholine rings is 1. The number of hydrogen-bond acceptors (Lipinski definition) is 7. The molecule has 0 unspecified atom stereocenters. The first-order valence-electron chi connectivity index (χ1n) is 9.32. The minimum Gasteiger partial charge on any atom is -0.484 e. The molecule has 0 saturated carbocycles. The van der Waals surface area contributed by atoms with Crippen molar-refractivity contribution >= 4 is 21.9 Å². The average Bonchev–Trinajstić information content (AvgIpc) is 2.77. The van der Waals surface area contributed by atoms with Gasteiger partial charge in [-0.05, 0) is 35.9 Å². The van der Waals surface area contributed by atoms with Gasteiger partial charge in [0.1, 0.15) is 18.2 Å². The van der Waals surface area contributed by atoms with Gasteiger partial charge in [0.2, 0.25) is 10.0 Å². The number of nitrogens with zero attached hydrogens (tertiary/aromatic N) is 1. The van der Waals surface area contributed by atoms with E-state index in [2.05, 4.69) is 0 Å². The van der Waals surface area contributed by atoms with E-state index in [1.807, 2.05) is 0 Å². The maximum Gasteiger partial charge on any atom is 0.341 e. The van der Waals surface area contributed by atoms with Crippen molar-refractivity contribution in [2.75, 3.05) is 32.9 Å². The van der Waals surface area contributed by atoms with E-state index in [9.17, 15) is 22.4 Å². The summed E-state index contributed by atoms with van der Waals surface area (Å²) in [6, 6.07) is 9.38. The standard InChI is InChI=1S/C20H21FN2O7S/c21-18-5-4-16(31(26,27)23-6-8-28-9-7-23)11-17(18)20(25)30-12-14-2-1-3-15(10-14)29-13-19(22)24/h1-5,10-11H,6-9,12-13H2,(H2,22,24). The molecule has 1 fully saturated rings. The molecule has 11 heteroatoms. The first-order chi connectivity index (χ1) is 14.8. The van der Waals surface area contributed by atoms with E-state index in [1.165, 1.54) is 10.4 Å². The number of halogens is 1. The Balaban J connectivity index is 1.71. The average molecular weight is 452 g/mol. The maximum atomic E-state index is 14.2. The molecule has 9 nitrogen and oxygen atoms in total. The van der Waals surface area contributed by atoms with Crippen molar-refractivity contribution in [3.8, 4) is 5.75 Å². The number of sulfonamides is 1. The van der Waals surface area contributed by atoms with Crippen molar-refractivity contribution in [1.29, 1.82) is 0 Å². The quantitative estimate of drug-likeness (QED) is 0.594. The highest BCUT2D eigenvalue weighted by molar-refractivity contribution is 7.89. The van der Waals surface area contributed by atoms with Crippen molar-refractivity contribution in [2.24, 2.45) is 5.73 Å². The molecule has 1 saturated heterocycles. The Morgan fingerprint density at radius 2 is 1.87 bits per heavy atom. The van der Waals surface area contributed by atoms with Crippen molar-refractivity contribution in [2.45, 2.75) is 11.5 Å². The van der Waals surface area contributed by atoms with Crippen LogP contribution in [0.1, 0.15) is 15.9 Å². The largest absolute Gasteiger partial charge is 0.484 e. The van der Waals surface area contributed by atoms with Crippen molar-refractivity contribution < 1.29 is 36.6 Å². The van der Waals surface area contributed by atoms with Crippen LogP contribution in [-0.2, 0) is 30.9 Å². The van der Waals surface area contributed by atoms with Gasteiger partial charge in [-0.15, -0.1) is 0 Å². The number of amides is 1. The Morgan fingerprint density at radius 3 is 2.58 bits per heavy atom. The smallest absolute Gasteiger partial charge is 0.341 e. The maximum absolute atomic E-state index is 14.2. The molecule has 1 aliphatic heterocycles. The fourth-order valence-electron chi connectivity index (χ4n) is 2.86. The molecule has 2 aromatic rings. The summed E-state index contributed by atoms with van der Waals surface area (Å²) in [6.07, 6.45) is 0. The summed E-state index contributed by atoms with van der Waals surface area (Å²) in [5.41, 5.74) is 5.06. The number of carbonyl (C=O) groups excluding carboxylic acids is 2. The van der Waals surface area contributed by atoms with Gasteiger partial charge in [0.15, 0.2) is 6.61 Å². The minimum absolute atomic E-state index is 0.174. The van der Waals surface area contributed by atoms with Gasteiger partial charge in [0, 0.05) is 13.1 Å². The van der Waals surface area contributed by atoms with E-state index in [0.717, 1.165) is 18.2 Å². The number of esters is 1. The van der Waals surface area contributed by atoms with Gasteiger partial charge >= 0.3 is 5.97 Å². The molecule has 0 atom stereocenters. The lowest BCUT2D eigenvalue weighted by molar-refractivity contribution is -0.119. The summed E-state index contributed by atoms with van der Waals surface area (Å²) < 4.78 is 56.4. The van der Waals surface area contributed by atoms with Crippen LogP contribution in [0.15, 0.2) is 47.4 Å². The van der Waals surface area contributed by atoms with E-state index in [-0.39, 0.29) is 44.4 Å². The van der Waals surface area contributed by atoms with Gasteiger partial charge in [-0.2, -0.15) is 4.31 Å². The lowest BCUT2D eigenvalue weighted by Gasteiger charge is -2.26. The van der Waals surface area contributed by atoms with Gasteiger partial charge in [-0.1, -0.05) is 12.1 Å². The Morgan fingerprint density at radius 1 is 1.13 bits per heavy atom. The van der Waals surface area contributed by atoms with Crippen LogP contribution in [0.5, 0.6) is 5.75 Å². The number of hydrogen-bond donors (Lipinski definition) is 1. The predicted molar refractivity (Wildman–Crippen MR) is 106 cm³/mol. The van der Waals surface area contributed by atoms with Crippen LogP contribution in [0.25, 0.3) is 0 Å². The number of primary amides is 1. The molecule has 0 radical (unpaired) electrons. The molecule has 2 N–H and O–H groups in total. The third-order valence-electron chi connectivity index (χ3n) is 4.42. The molecule has 2 aromatic carbocycles. The number of ether oxygens (including phenoxy) is 3. The number of benzene rings is 2. The SMILES string of the molecule is NC(=O)COc1cccc(COC(=O)c2cc(S(=O)(=O)N3CCOCC3)ccc2F)c1. The molecule has 0 aliphatic carbocycles. The topological polar surface area (TPSA) is 125 Å². The third kappa shape index (κ3) is 5.78. The predicted octanol–water partition coefficient (Wildman–Crippen LogP) is 1.07. The summed E-state index contributed by atoms with van der Waals surface area (Å²) >= 11 is 0. The first-order valence-corrected chi connectivity index (χ1v) is 10.8. The summed E-state index contributed by atoms with van der Waals surface area (Å²) in [6.45, 7) is 0.349. The summed E-state index contributed by atoms with van der Waals surface area (Å²) in [4.78, 5) is 23.0. The second-order valence-corrected chi connectivity index (χ2v) is 8.57. The molecule has 31 heavy (non-hydrogen) atoms. The molecular weight excluding hydrogens is 431 g/mol. The summed E-state index contributed by atoms with van der Waals surface area (Å²) in [5.74, 6) is -2.21. The van der Waals surface area contributed by atoms with Crippen LogP contribution < -0.4 is 10.5 Å². The van der Waals surface area contributed by atoms with Crippen molar-refractivity contribution in [1.82, 2.24) is 4.31 Å². The van der Waals surface area contributed by atoms with Crippen LogP contribution >= 0.6 is 0 Å². The van der Waals surface area contributed by atoms with Crippen LogP contribution in [0.3, 0.4) is 0 Å². The second kappa shape index (κ2) is 9.86. The normalized spacial score (nSPS) is 14.7. The fourth-order valence-corrected chi connectivity index (χ4v) is 4.30. The summed E-state index contributed by atoms with van der Waals surface area (Å²) in [7, 11) is -3.90. The van der Waals surface area contributed by atoms with Gasteiger partial charge in [-0.3, -0.25) is 4.79 Å². The van der Waals surface area contributed by atoms with Crippen LogP contribution in [0, 0.1) is 5.82 Å². The first kappa shape index (κ1) is 22.7. The van der Waals surface area contributed by atoms with Gasteiger partial charge in [0.25, 0.3) is 5.91 Å². The van der Waals surface area contributed by atoms with E-state index in [4.69, 9.17) is 19.9 Å². The van der Waals surface area contributed by atoms with E-state index in [1.54, 1.807) is 18.2 Å². The highest BCUT2D eigenvalue weighted by Crippen LogP contribution is 2.21. The lowest BCUT2D eigenvalue weighted by atomic mass is 10.2.